The molecule has 2 bridgehead atoms. The summed E-state index contributed by atoms with van der Waals surface area (Å²) in [6.45, 7) is 1.55. The molecular weight excluding hydrogens is 429 g/mol. The highest BCUT2D eigenvalue weighted by Crippen LogP contribution is 2.34. The number of benzene rings is 1. The van der Waals surface area contributed by atoms with Crippen LogP contribution in [0.2, 0.25) is 0 Å². The molecule has 2 N–H and O–H groups in total. The van der Waals surface area contributed by atoms with E-state index in [-0.39, 0.29) is 24.0 Å². The van der Waals surface area contributed by atoms with Gasteiger partial charge in [0.05, 0.1) is 24.9 Å². The van der Waals surface area contributed by atoms with Crippen molar-refractivity contribution in [1.29, 1.82) is 0 Å². The number of nitrogens with zero attached hydrogens (tertiary/aromatic N) is 1. The van der Waals surface area contributed by atoms with Crippen LogP contribution in [0.25, 0.3) is 0 Å². The summed E-state index contributed by atoms with van der Waals surface area (Å²) in [6.07, 6.45) is 6.87. The van der Waals surface area contributed by atoms with Crippen LogP contribution in [0.5, 0.6) is 5.75 Å². The van der Waals surface area contributed by atoms with Gasteiger partial charge >= 0.3 is 0 Å². The van der Waals surface area contributed by atoms with Gasteiger partial charge in [-0.1, -0.05) is 18.2 Å². The lowest BCUT2D eigenvalue weighted by molar-refractivity contribution is 0.0992. The maximum atomic E-state index is 5.98. The van der Waals surface area contributed by atoms with Gasteiger partial charge in [-0.25, -0.2) is 0 Å². The van der Waals surface area contributed by atoms with E-state index >= 15 is 0 Å². The first kappa shape index (κ1) is 18.8. The van der Waals surface area contributed by atoms with E-state index in [4.69, 9.17) is 9.47 Å². The van der Waals surface area contributed by atoms with E-state index in [9.17, 15) is 0 Å². The second-order valence-corrected chi connectivity index (χ2v) is 7.15. The van der Waals surface area contributed by atoms with Crippen LogP contribution in [0.1, 0.15) is 37.7 Å². The SMILES string of the molecule is CN=C(NCc1ccccc1OCC1CC1)NC1CC2CCC1O2.I. The van der Waals surface area contributed by atoms with Crippen LogP contribution < -0.4 is 15.4 Å². The number of rotatable bonds is 6. The van der Waals surface area contributed by atoms with Crippen molar-refractivity contribution in [2.45, 2.75) is 56.9 Å². The van der Waals surface area contributed by atoms with E-state index < -0.39 is 0 Å². The molecule has 2 heterocycles. The molecule has 2 aliphatic heterocycles. The predicted molar refractivity (Wildman–Crippen MR) is 110 cm³/mol. The lowest BCUT2D eigenvalue weighted by atomic mass is 9.96. The molecule has 5 nitrogen and oxygen atoms in total. The molecule has 0 amide bonds. The fourth-order valence-corrected chi connectivity index (χ4v) is 3.62. The molecule has 3 unspecified atom stereocenters. The number of ether oxygens (including phenoxy) is 2. The Labute approximate surface area is 167 Å². The number of nitrogens with one attached hydrogen (secondary N) is 2. The average Bonchev–Trinajstić information content (AvgIpc) is 3.22. The molecule has 1 aromatic carbocycles. The lowest BCUT2D eigenvalue weighted by Crippen LogP contribution is -2.47. The zero-order valence-corrected chi connectivity index (χ0v) is 17.1. The molecule has 3 fully saturated rings. The molecule has 6 heteroatoms. The van der Waals surface area contributed by atoms with E-state index in [2.05, 4.69) is 33.8 Å². The number of guanidine groups is 1. The van der Waals surface area contributed by atoms with Crippen molar-refractivity contribution in [3.8, 4) is 5.75 Å². The second-order valence-electron chi connectivity index (χ2n) is 7.15. The molecule has 3 atom stereocenters. The molecule has 1 aliphatic carbocycles. The Bertz CT molecular complexity index is 606. The monoisotopic (exact) mass is 457 g/mol. The molecule has 0 spiro atoms. The van der Waals surface area contributed by atoms with E-state index in [1.807, 2.05) is 13.1 Å². The Kier molecular flexibility index (Phi) is 6.44. The number of hydrogen-bond donors (Lipinski definition) is 2. The van der Waals surface area contributed by atoms with Crippen LogP contribution in [-0.4, -0.2) is 37.9 Å². The summed E-state index contributed by atoms with van der Waals surface area (Å²) < 4.78 is 11.9. The summed E-state index contributed by atoms with van der Waals surface area (Å²) in [5, 5.41) is 6.94. The summed E-state index contributed by atoms with van der Waals surface area (Å²) in [6, 6.07) is 8.64. The molecule has 1 aromatic rings. The van der Waals surface area contributed by atoms with Crippen molar-refractivity contribution in [1.82, 2.24) is 10.6 Å². The standard InChI is InChI=1S/C19H27N3O2.HI/c1-20-19(22-16-10-15-8-9-18(16)24-15)21-11-14-4-2-3-5-17(14)23-12-13-6-7-13;/h2-5,13,15-16,18H,6-12H2,1H3,(H2,20,21,22);1H. The molecule has 138 valence electrons. The zero-order valence-electron chi connectivity index (χ0n) is 14.7. The molecule has 4 rings (SSSR count). The Morgan fingerprint density at radius 3 is 2.76 bits per heavy atom. The Hall–Kier alpha value is -1.02. The van der Waals surface area contributed by atoms with Crippen LogP contribution in [0.3, 0.4) is 0 Å². The highest BCUT2D eigenvalue weighted by Gasteiger charge is 2.41. The molecule has 0 aromatic heterocycles. The molecule has 0 radical (unpaired) electrons. The van der Waals surface area contributed by atoms with Crippen LogP contribution >= 0.6 is 24.0 Å². The molecule has 2 saturated heterocycles. The third-order valence-electron chi connectivity index (χ3n) is 5.24. The number of fused-ring (bicyclic) bond motifs is 2. The van der Waals surface area contributed by atoms with Crippen molar-refractivity contribution < 1.29 is 9.47 Å². The van der Waals surface area contributed by atoms with Gasteiger partial charge in [-0.15, -0.1) is 24.0 Å². The minimum atomic E-state index is 0. The summed E-state index contributed by atoms with van der Waals surface area (Å²) in [5.74, 6) is 2.59. The Morgan fingerprint density at radius 1 is 1.24 bits per heavy atom. The zero-order chi connectivity index (χ0) is 16.4. The molecular formula is C19H28IN3O2. The minimum absolute atomic E-state index is 0. The van der Waals surface area contributed by atoms with Crippen LogP contribution in [0.4, 0.5) is 0 Å². The van der Waals surface area contributed by atoms with E-state index in [1.54, 1.807) is 0 Å². The molecule has 1 saturated carbocycles. The highest BCUT2D eigenvalue weighted by molar-refractivity contribution is 14.0. The summed E-state index contributed by atoms with van der Waals surface area (Å²) in [4.78, 5) is 4.36. The Balaban J connectivity index is 0.00000182. The lowest BCUT2D eigenvalue weighted by Gasteiger charge is -2.23. The number of hydrogen-bond acceptors (Lipinski definition) is 3. The maximum Gasteiger partial charge on any atom is 0.191 e. The normalized spacial score (nSPS) is 27.7. The average molecular weight is 457 g/mol. The van der Waals surface area contributed by atoms with Crippen LogP contribution in [0.15, 0.2) is 29.3 Å². The van der Waals surface area contributed by atoms with Gasteiger partial charge in [0.2, 0.25) is 0 Å². The number of para-hydroxylation sites is 1. The van der Waals surface area contributed by atoms with Crippen molar-refractivity contribution in [3.63, 3.8) is 0 Å². The first-order valence-corrected chi connectivity index (χ1v) is 9.15. The van der Waals surface area contributed by atoms with Crippen LogP contribution in [0, 0.1) is 5.92 Å². The third kappa shape index (κ3) is 4.78. The second kappa shape index (κ2) is 8.58. The molecule has 25 heavy (non-hydrogen) atoms. The number of aliphatic imine (C=N–C) groups is 1. The topological polar surface area (TPSA) is 54.9 Å². The largest absolute Gasteiger partial charge is 0.493 e. The fraction of sp³-hybridized carbons (Fsp3) is 0.632. The highest BCUT2D eigenvalue weighted by atomic mass is 127. The summed E-state index contributed by atoms with van der Waals surface area (Å²) in [7, 11) is 1.82. The van der Waals surface area contributed by atoms with Gasteiger partial charge in [0.15, 0.2) is 5.96 Å². The van der Waals surface area contributed by atoms with E-state index in [0.29, 0.717) is 24.8 Å². The maximum absolute atomic E-state index is 5.98. The third-order valence-corrected chi connectivity index (χ3v) is 5.24. The van der Waals surface area contributed by atoms with Gasteiger partial charge in [0.1, 0.15) is 5.75 Å². The summed E-state index contributed by atoms with van der Waals surface area (Å²) >= 11 is 0. The van der Waals surface area contributed by atoms with E-state index in [0.717, 1.165) is 37.1 Å². The first-order valence-electron chi connectivity index (χ1n) is 9.15. The van der Waals surface area contributed by atoms with Gasteiger partial charge in [-0.2, -0.15) is 0 Å². The number of halogens is 1. The quantitative estimate of drug-likeness (QED) is 0.392. The summed E-state index contributed by atoms with van der Waals surface area (Å²) in [5.41, 5.74) is 1.17. The predicted octanol–water partition coefficient (Wildman–Crippen LogP) is 3.08. The van der Waals surface area contributed by atoms with Gasteiger partial charge in [-0.3, -0.25) is 4.99 Å². The molecule has 3 aliphatic rings. The minimum Gasteiger partial charge on any atom is -0.493 e. The van der Waals surface area contributed by atoms with E-state index in [1.165, 1.54) is 24.8 Å². The van der Waals surface area contributed by atoms with Crippen molar-refractivity contribution in [3.05, 3.63) is 29.8 Å². The van der Waals surface area contributed by atoms with Crippen LogP contribution in [-0.2, 0) is 11.3 Å². The van der Waals surface area contributed by atoms with Crippen molar-refractivity contribution in [2.75, 3.05) is 13.7 Å². The van der Waals surface area contributed by atoms with Gasteiger partial charge < -0.3 is 20.1 Å². The van der Waals surface area contributed by atoms with Gasteiger partial charge in [0.25, 0.3) is 0 Å². The Morgan fingerprint density at radius 2 is 2.08 bits per heavy atom. The fourth-order valence-electron chi connectivity index (χ4n) is 3.62. The smallest absolute Gasteiger partial charge is 0.191 e. The van der Waals surface area contributed by atoms with Gasteiger partial charge in [0, 0.05) is 19.2 Å². The van der Waals surface area contributed by atoms with Gasteiger partial charge in [-0.05, 0) is 44.1 Å². The first-order chi connectivity index (χ1) is 11.8. The van der Waals surface area contributed by atoms with Crippen molar-refractivity contribution >= 4 is 29.9 Å². The van der Waals surface area contributed by atoms with Crippen molar-refractivity contribution in [2.24, 2.45) is 10.9 Å².